The molecule has 2 atom stereocenters. The van der Waals surface area contributed by atoms with E-state index in [0.29, 0.717) is 11.1 Å². The number of nitrogens with two attached hydrogens (primary N) is 1. The topological polar surface area (TPSA) is 108 Å². The summed E-state index contributed by atoms with van der Waals surface area (Å²) in [6.07, 6.45) is -4.84. The third-order valence-electron chi connectivity index (χ3n) is 4.45. The fourth-order valence-corrected chi connectivity index (χ4v) is 3.30. The minimum absolute atomic E-state index is 0.0653. The zero-order chi connectivity index (χ0) is 22.1. The van der Waals surface area contributed by atoms with Crippen molar-refractivity contribution in [3.05, 3.63) is 64.2 Å². The number of alkyl halides is 3. The second-order valence-corrected chi connectivity index (χ2v) is 6.83. The summed E-state index contributed by atoms with van der Waals surface area (Å²) in [6, 6.07) is 9.05. The molecule has 0 aliphatic carbocycles. The van der Waals surface area contributed by atoms with Crippen LogP contribution in [0.25, 0.3) is 0 Å². The summed E-state index contributed by atoms with van der Waals surface area (Å²) in [5, 5.41) is 11.9. The Bertz CT molecular complexity index is 1020. The van der Waals surface area contributed by atoms with E-state index in [1.165, 1.54) is 29.2 Å². The van der Waals surface area contributed by atoms with Gasteiger partial charge in [0.1, 0.15) is 17.9 Å². The first-order chi connectivity index (χ1) is 14.1. The van der Waals surface area contributed by atoms with Crippen molar-refractivity contribution < 1.29 is 27.5 Å². The number of nitrogens with zero attached hydrogens (tertiary/aromatic N) is 2. The number of benzene rings is 2. The lowest BCUT2D eigenvalue weighted by Crippen LogP contribution is -2.39. The van der Waals surface area contributed by atoms with Crippen LogP contribution in [0, 0.1) is 11.3 Å². The average molecular weight is 439 g/mol. The molecule has 1 fully saturated rings. The maximum Gasteiger partial charge on any atom is 0.573 e. The van der Waals surface area contributed by atoms with Crippen LogP contribution in [0.2, 0.25) is 5.02 Å². The lowest BCUT2D eigenvalue weighted by Gasteiger charge is -2.28. The van der Waals surface area contributed by atoms with Crippen LogP contribution in [0.5, 0.6) is 5.75 Å². The van der Waals surface area contributed by atoms with Crippen LogP contribution in [-0.4, -0.2) is 35.8 Å². The first-order valence-electron chi connectivity index (χ1n) is 8.51. The first kappa shape index (κ1) is 21.3. The van der Waals surface area contributed by atoms with Gasteiger partial charge in [-0.25, -0.2) is 4.79 Å². The van der Waals surface area contributed by atoms with Gasteiger partial charge < -0.3 is 20.7 Å². The van der Waals surface area contributed by atoms with Gasteiger partial charge in [-0.1, -0.05) is 29.8 Å². The molecule has 1 unspecified atom stereocenters. The highest BCUT2D eigenvalue weighted by atomic mass is 35.5. The highest BCUT2D eigenvalue weighted by Crippen LogP contribution is 2.34. The number of nitriles is 1. The summed E-state index contributed by atoms with van der Waals surface area (Å²) >= 11 is 5.98. The molecule has 3 rings (SSSR count). The molecule has 3 N–H and O–H groups in total. The predicted octanol–water partition coefficient (Wildman–Crippen LogP) is 3.08. The molecule has 0 spiro atoms. The number of rotatable bonds is 5. The largest absolute Gasteiger partial charge is 0.573 e. The van der Waals surface area contributed by atoms with Gasteiger partial charge in [-0.3, -0.25) is 4.79 Å². The highest BCUT2D eigenvalue weighted by molar-refractivity contribution is 6.31. The molecule has 1 saturated heterocycles. The molecule has 0 aromatic heterocycles. The fourth-order valence-electron chi connectivity index (χ4n) is 3.14. The number of primary amides is 1. The van der Waals surface area contributed by atoms with Crippen LogP contribution >= 0.6 is 11.6 Å². The number of ether oxygens (including phenoxy) is 1. The summed E-state index contributed by atoms with van der Waals surface area (Å²) in [4.78, 5) is 25.3. The monoisotopic (exact) mass is 438 g/mol. The van der Waals surface area contributed by atoms with Crippen molar-refractivity contribution in [3.8, 4) is 11.8 Å². The van der Waals surface area contributed by atoms with Crippen LogP contribution in [0.15, 0.2) is 42.5 Å². The molecule has 30 heavy (non-hydrogen) atoms. The predicted molar refractivity (Wildman–Crippen MR) is 99.4 cm³/mol. The third kappa shape index (κ3) is 4.58. The minimum atomic E-state index is -4.84. The van der Waals surface area contributed by atoms with Crippen molar-refractivity contribution in [1.29, 1.82) is 5.26 Å². The van der Waals surface area contributed by atoms with Gasteiger partial charge in [-0.05, 0) is 35.4 Å². The van der Waals surface area contributed by atoms with Gasteiger partial charge in [0.2, 0.25) is 5.91 Å². The van der Waals surface area contributed by atoms with Crippen molar-refractivity contribution in [1.82, 2.24) is 10.2 Å². The number of urea groups is 1. The highest BCUT2D eigenvalue weighted by Gasteiger charge is 2.38. The van der Waals surface area contributed by atoms with Crippen LogP contribution in [0.1, 0.15) is 22.7 Å². The second kappa shape index (κ2) is 8.12. The van der Waals surface area contributed by atoms with E-state index in [9.17, 15) is 28.0 Å². The Morgan fingerprint density at radius 2 is 1.90 bits per heavy atom. The van der Waals surface area contributed by atoms with Crippen molar-refractivity contribution in [2.75, 3.05) is 6.54 Å². The molecule has 0 radical (unpaired) electrons. The first-order valence-corrected chi connectivity index (χ1v) is 8.88. The number of carbonyl (C=O) groups is 2. The molecule has 2 aromatic rings. The molecule has 1 aliphatic heterocycles. The van der Waals surface area contributed by atoms with Crippen LogP contribution in [0.3, 0.4) is 0 Å². The Morgan fingerprint density at radius 3 is 2.43 bits per heavy atom. The standard InChI is InChI=1S/C19H14ClF3N4O3/c20-14-6-3-11(7-12(14)8-24)16(27-9-15(17(25)28)26-18(27)29)10-1-4-13(5-2-10)30-19(21,22)23/h1-7,15-16H,9H2,(H2,25,28)(H,26,29)/t15?,16-/m1/s1. The summed E-state index contributed by atoms with van der Waals surface area (Å²) in [7, 11) is 0. The Labute approximate surface area is 173 Å². The molecular weight excluding hydrogens is 425 g/mol. The van der Waals surface area contributed by atoms with Gasteiger partial charge in [0.15, 0.2) is 0 Å². The Kier molecular flexibility index (Phi) is 5.75. The van der Waals surface area contributed by atoms with Crippen LogP contribution < -0.4 is 15.8 Å². The van der Waals surface area contributed by atoms with Crippen molar-refractivity contribution in [2.45, 2.75) is 18.4 Å². The van der Waals surface area contributed by atoms with Gasteiger partial charge in [0, 0.05) is 0 Å². The maximum atomic E-state index is 12.5. The summed E-state index contributed by atoms with van der Waals surface area (Å²) < 4.78 is 41.2. The van der Waals surface area contributed by atoms with Crippen molar-refractivity contribution >= 4 is 23.5 Å². The number of nitrogens with one attached hydrogen (secondary N) is 1. The summed E-state index contributed by atoms with van der Waals surface area (Å²) in [6.45, 7) is -0.0653. The maximum absolute atomic E-state index is 12.5. The fraction of sp³-hybridized carbons (Fsp3) is 0.211. The minimum Gasteiger partial charge on any atom is -0.406 e. The number of hydrogen-bond donors (Lipinski definition) is 2. The van der Waals surface area contributed by atoms with E-state index in [1.54, 1.807) is 6.07 Å². The SMILES string of the molecule is N#Cc1cc([C@@H](c2ccc(OC(F)(F)F)cc2)N2CC(C(N)=O)NC2=O)ccc1Cl. The number of halogens is 4. The van der Waals surface area contributed by atoms with E-state index in [1.807, 2.05) is 6.07 Å². The molecule has 0 saturated carbocycles. The van der Waals surface area contributed by atoms with Crippen molar-refractivity contribution in [2.24, 2.45) is 5.73 Å². The number of amides is 3. The molecular formula is C19H14ClF3N4O3. The van der Waals surface area contributed by atoms with Gasteiger partial charge >= 0.3 is 12.4 Å². The quantitative estimate of drug-likeness (QED) is 0.747. The Morgan fingerprint density at radius 1 is 1.27 bits per heavy atom. The zero-order valence-electron chi connectivity index (χ0n) is 15.1. The molecule has 1 heterocycles. The van der Waals surface area contributed by atoms with Gasteiger partial charge in [-0.15, -0.1) is 13.2 Å². The molecule has 0 bridgehead atoms. The van der Waals surface area contributed by atoms with E-state index < -0.39 is 36.1 Å². The molecule has 7 nitrogen and oxygen atoms in total. The van der Waals surface area contributed by atoms with Gasteiger partial charge in [-0.2, -0.15) is 5.26 Å². The second-order valence-electron chi connectivity index (χ2n) is 6.43. The van der Waals surface area contributed by atoms with E-state index in [4.69, 9.17) is 17.3 Å². The normalized spacial score (nSPS) is 17.2. The van der Waals surface area contributed by atoms with Gasteiger partial charge in [0.25, 0.3) is 0 Å². The molecule has 11 heteroatoms. The van der Waals surface area contributed by atoms with Crippen LogP contribution in [0.4, 0.5) is 18.0 Å². The van der Waals surface area contributed by atoms with Gasteiger partial charge in [0.05, 0.1) is 23.2 Å². The average Bonchev–Trinajstić information content (AvgIpc) is 3.05. The Hall–Kier alpha value is -3.45. The van der Waals surface area contributed by atoms with E-state index in [0.717, 1.165) is 12.1 Å². The van der Waals surface area contributed by atoms with Crippen LogP contribution in [-0.2, 0) is 4.79 Å². The van der Waals surface area contributed by atoms with E-state index >= 15 is 0 Å². The molecule has 3 amide bonds. The zero-order valence-corrected chi connectivity index (χ0v) is 15.9. The third-order valence-corrected chi connectivity index (χ3v) is 4.78. The lowest BCUT2D eigenvalue weighted by molar-refractivity contribution is -0.274. The smallest absolute Gasteiger partial charge is 0.406 e. The number of hydrogen-bond acceptors (Lipinski definition) is 4. The summed E-state index contributed by atoms with van der Waals surface area (Å²) in [5.74, 6) is -1.16. The Balaban J connectivity index is 2.03. The summed E-state index contributed by atoms with van der Waals surface area (Å²) in [5.41, 5.74) is 6.33. The molecule has 156 valence electrons. The van der Waals surface area contributed by atoms with E-state index in [-0.39, 0.29) is 17.1 Å². The van der Waals surface area contributed by atoms with E-state index in [2.05, 4.69) is 10.1 Å². The molecule has 2 aromatic carbocycles. The molecule has 1 aliphatic rings. The number of carbonyl (C=O) groups excluding carboxylic acids is 2. The van der Waals surface area contributed by atoms with Crippen molar-refractivity contribution in [3.63, 3.8) is 0 Å². The lowest BCUT2D eigenvalue weighted by atomic mass is 9.95.